The fourth-order valence-corrected chi connectivity index (χ4v) is 3.96. The van der Waals surface area contributed by atoms with E-state index in [1.807, 2.05) is 54.0 Å². The lowest BCUT2D eigenvalue weighted by molar-refractivity contribution is -0.116. The van der Waals surface area contributed by atoms with Crippen LogP contribution in [0.5, 0.6) is 0 Å². The molecule has 1 aromatic carbocycles. The van der Waals surface area contributed by atoms with E-state index in [0.29, 0.717) is 5.69 Å². The maximum Gasteiger partial charge on any atom is 0.332 e. The van der Waals surface area contributed by atoms with Gasteiger partial charge in [-0.15, -0.1) is 0 Å². The number of benzene rings is 1. The summed E-state index contributed by atoms with van der Waals surface area (Å²) in [6.45, 7) is 1.86. The van der Waals surface area contributed by atoms with E-state index in [2.05, 4.69) is 10.3 Å². The Morgan fingerprint density at radius 1 is 1.03 bits per heavy atom. The highest BCUT2D eigenvalue weighted by Crippen LogP contribution is 2.28. The summed E-state index contributed by atoms with van der Waals surface area (Å²) in [6, 6.07) is 11.4. The third kappa shape index (κ3) is 3.32. The molecule has 0 saturated heterocycles. The summed E-state index contributed by atoms with van der Waals surface area (Å²) in [4.78, 5) is 46.5. The molecule has 4 heterocycles. The summed E-state index contributed by atoms with van der Waals surface area (Å²) in [5, 5.41) is 2.92. The molecule has 166 valence electrons. The normalized spacial score (nSPS) is 11.4. The van der Waals surface area contributed by atoms with Crippen LogP contribution in [0.2, 0.25) is 0 Å². The minimum atomic E-state index is -0.501. The molecule has 0 radical (unpaired) electrons. The summed E-state index contributed by atoms with van der Waals surface area (Å²) < 4.78 is 5.68. The topological polar surface area (TPSA) is 108 Å². The van der Waals surface area contributed by atoms with Crippen LogP contribution in [0.15, 0.2) is 64.7 Å². The fourth-order valence-electron chi connectivity index (χ4n) is 3.96. The number of hydrogen-bond acceptors (Lipinski definition) is 5. The molecule has 10 heteroatoms. The number of carbonyl (C=O) groups excluding carboxylic acids is 1. The van der Waals surface area contributed by atoms with E-state index in [-0.39, 0.29) is 23.6 Å². The minimum Gasteiger partial charge on any atom is -0.324 e. The molecule has 1 N–H and O–H groups in total. The van der Waals surface area contributed by atoms with Crippen LogP contribution >= 0.6 is 0 Å². The van der Waals surface area contributed by atoms with Crippen molar-refractivity contribution >= 4 is 28.4 Å². The number of aryl methyl sites for hydroxylation is 2. The van der Waals surface area contributed by atoms with Crippen molar-refractivity contribution in [3.8, 4) is 11.3 Å². The van der Waals surface area contributed by atoms with Crippen LogP contribution in [0, 0.1) is 6.92 Å². The van der Waals surface area contributed by atoms with Crippen LogP contribution in [0.4, 0.5) is 5.69 Å². The van der Waals surface area contributed by atoms with Crippen molar-refractivity contribution in [1.29, 1.82) is 0 Å². The number of amides is 1. The first kappa shape index (κ1) is 20.4. The predicted octanol–water partition coefficient (Wildman–Crippen LogP) is 1.70. The van der Waals surface area contributed by atoms with Crippen molar-refractivity contribution in [3.05, 3.63) is 81.5 Å². The van der Waals surface area contributed by atoms with Gasteiger partial charge in [-0.1, -0.05) is 24.3 Å². The molecule has 5 aromatic rings. The largest absolute Gasteiger partial charge is 0.332 e. The van der Waals surface area contributed by atoms with Gasteiger partial charge in [-0.3, -0.25) is 18.7 Å². The Morgan fingerprint density at radius 2 is 1.82 bits per heavy atom. The second kappa shape index (κ2) is 7.59. The van der Waals surface area contributed by atoms with Crippen LogP contribution in [-0.2, 0) is 25.4 Å². The monoisotopic (exact) mass is 443 g/mol. The number of hydrogen-bond donors (Lipinski definition) is 1. The summed E-state index contributed by atoms with van der Waals surface area (Å²) in [5.74, 6) is -0.336. The van der Waals surface area contributed by atoms with E-state index >= 15 is 0 Å². The van der Waals surface area contributed by atoms with Gasteiger partial charge in [0.05, 0.1) is 17.7 Å². The summed E-state index contributed by atoms with van der Waals surface area (Å²) in [7, 11) is 2.93. The highest BCUT2D eigenvalue weighted by molar-refractivity contribution is 5.95. The van der Waals surface area contributed by atoms with E-state index in [1.54, 1.807) is 6.07 Å². The summed E-state index contributed by atoms with van der Waals surface area (Å²) >= 11 is 0. The Labute approximate surface area is 187 Å². The van der Waals surface area contributed by atoms with Crippen molar-refractivity contribution in [3.63, 3.8) is 0 Å². The number of nitrogens with one attached hydrogen (secondary N) is 1. The van der Waals surface area contributed by atoms with Crippen molar-refractivity contribution in [2.75, 3.05) is 5.32 Å². The number of fused-ring (bicyclic) bond motifs is 2. The number of aromatic nitrogens is 6. The van der Waals surface area contributed by atoms with Crippen molar-refractivity contribution in [2.45, 2.75) is 13.5 Å². The second-order valence-corrected chi connectivity index (χ2v) is 7.89. The molecule has 5 rings (SSSR count). The van der Waals surface area contributed by atoms with E-state index in [9.17, 15) is 14.4 Å². The van der Waals surface area contributed by atoms with Crippen LogP contribution in [0.3, 0.4) is 0 Å². The quantitative estimate of drug-likeness (QED) is 0.455. The van der Waals surface area contributed by atoms with Gasteiger partial charge in [-0.05, 0) is 24.6 Å². The molecule has 0 saturated carbocycles. The third-order valence-corrected chi connectivity index (χ3v) is 5.69. The number of carbonyl (C=O) groups is 1. The molecule has 0 atom stereocenters. The number of anilines is 1. The van der Waals surface area contributed by atoms with Gasteiger partial charge in [-0.2, -0.15) is 0 Å². The summed E-state index contributed by atoms with van der Waals surface area (Å²) in [5.41, 5.74) is 3.47. The molecule has 0 spiro atoms. The molecule has 0 unspecified atom stereocenters. The van der Waals surface area contributed by atoms with Gasteiger partial charge < -0.3 is 14.3 Å². The molecule has 0 aliphatic heterocycles. The van der Waals surface area contributed by atoms with E-state index in [0.717, 1.165) is 27.0 Å². The zero-order valence-corrected chi connectivity index (χ0v) is 18.3. The van der Waals surface area contributed by atoms with Crippen molar-refractivity contribution < 1.29 is 4.79 Å². The zero-order valence-electron chi connectivity index (χ0n) is 18.3. The molecular weight excluding hydrogens is 422 g/mol. The second-order valence-electron chi connectivity index (χ2n) is 7.89. The molecule has 4 aromatic heterocycles. The van der Waals surface area contributed by atoms with Gasteiger partial charge >= 0.3 is 5.69 Å². The SMILES string of the molecule is Cc1cccn2cc(-c3ccccc3NC(=O)Cn3cnc4c3c(=O)n(C)c(=O)n4C)nc12. The Balaban J connectivity index is 1.48. The van der Waals surface area contributed by atoms with Crippen LogP contribution in [0.25, 0.3) is 28.1 Å². The smallest absolute Gasteiger partial charge is 0.324 e. The highest BCUT2D eigenvalue weighted by atomic mass is 16.2. The summed E-state index contributed by atoms with van der Waals surface area (Å²) in [6.07, 6.45) is 5.24. The van der Waals surface area contributed by atoms with Crippen LogP contribution < -0.4 is 16.6 Å². The average Bonchev–Trinajstić information content (AvgIpc) is 3.42. The van der Waals surface area contributed by atoms with Crippen LogP contribution in [-0.4, -0.2) is 34.0 Å². The predicted molar refractivity (Wildman–Crippen MR) is 124 cm³/mol. The minimum absolute atomic E-state index is 0.136. The number of para-hydroxylation sites is 1. The maximum atomic E-state index is 12.9. The Morgan fingerprint density at radius 3 is 2.61 bits per heavy atom. The van der Waals surface area contributed by atoms with E-state index in [4.69, 9.17) is 4.98 Å². The van der Waals surface area contributed by atoms with Gasteiger partial charge in [0.25, 0.3) is 5.56 Å². The zero-order chi connectivity index (χ0) is 23.3. The van der Waals surface area contributed by atoms with Gasteiger partial charge in [0.15, 0.2) is 11.2 Å². The first-order valence-corrected chi connectivity index (χ1v) is 10.3. The maximum absolute atomic E-state index is 12.9. The first-order chi connectivity index (χ1) is 15.8. The molecular formula is C23H21N7O3. The fraction of sp³-hybridized carbons (Fsp3) is 0.174. The van der Waals surface area contributed by atoms with E-state index < -0.39 is 11.2 Å². The van der Waals surface area contributed by atoms with Crippen molar-refractivity contribution in [2.24, 2.45) is 14.1 Å². The number of imidazole rings is 2. The average molecular weight is 443 g/mol. The molecule has 10 nitrogen and oxygen atoms in total. The number of nitrogens with zero attached hydrogens (tertiary/aromatic N) is 6. The Bertz CT molecular complexity index is 1670. The molecule has 0 fully saturated rings. The van der Waals surface area contributed by atoms with Gasteiger partial charge in [0.1, 0.15) is 12.2 Å². The van der Waals surface area contributed by atoms with Crippen molar-refractivity contribution in [1.82, 2.24) is 28.1 Å². The first-order valence-electron chi connectivity index (χ1n) is 10.3. The van der Waals surface area contributed by atoms with Gasteiger partial charge in [-0.25, -0.2) is 14.8 Å². The molecule has 33 heavy (non-hydrogen) atoms. The number of rotatable bonds is 4. The molecule has 0 aliphatic rings. The molecule has 0 aliphatic carbocycles. The lowest BCUT2D eigenvalue weighted by Gasteiger charge is -2.10. The lowest BCUT2D eigenvalue weighted by Crippen LogP contribution is -2.37. The highest BCUT2D eigenvalue weighted by Gasteiger charge is 2.17. The van der Waals surface area contributed by atoms with Crippen LogP contribution in [0.1, 0.15) is 5.56 Å². The molecule has 0 bridgehead atoms. The number of pyridine rings is 1. The molecule has 1 amide bonds. The standard InChI is InChI=1S/C23H21N7O3/c1-14-7-6-10-29-11-17(26-20(14)29)15-8-4-5-9-16(15)25-18(31)12-30-13-24-21-19(30)22(32)28(3)23(33)27(21)2/h4-11,13H,12H2,1-3H3,(H,25,31). The Kier molecular flexibility index (Phi) is 4.70. The van der Waals surface area contributed by atoms with Gasteiger partial charge in [0.2, 0.25) is 5.91 Å². The van der Waals surface area contributed by atoms with Gasteiger partial charge in [0, 0.05) is 32.1 Å². The van der Waals surface area contributed by atoms with E-state index in [1.165, 1.54) is 29.6 Å². The lowest BCUT2D eigenvalue weighted by atomic mass is 10.1. The third-order valence-electron chi connectivity index (χ3n) is 5.69. The Hall–Kier alpha value is -4.47.